The largest absolute Gasteiger partial charge is 0.302 e. The van der Waals surface area contributed by atoms with Gasteiger partial charge in [-0.2, -0.15) is 0 Å². The number of nitrogens with zero attached hydrogens (tertiary/aromatic N) is 1. The van der Waals surface area contributed by atoms with Crippen LogP contribution in [0.3, 0.4) is 0 Å². The molecule has 0 aromatic heterocycles. The molecule has 0 saturated heterocycles. The summed E-state index contributed by atoms with van der Waals surface area (Å²) in [5, 5.41) is 3.36. The SMILES string of the molecule is CCCNC(C)N(C)C. The van der Waals surface area contributed by atoms with Crippen LogP contribution in [0.1, 0.15) is 20.3 Å². The Bertz CT molecular complexity index is 61.9. The maximum Gasteiger partial charge on any atom is 0.0562 e. The highest BCUT2D eigenvalue weighted by Crippen LogP contribution is 1.84. The van der Waals surface area contributed by atoms with E-state index in [0.29, 0.717) is 6.17 Å². The topological polar surface area (TPSA) is 15.3 Å². The Balaban J connectivity index is 3.16. The Morgan fingerprint density at radius 3 is 2.33 bits per heavy atom. The van der Waals surface area contributed by atoms with Gasteiger partial charge in [0.1, 0.15) is 0 Å². The zero-order valence-corrected chi connectivity index (χ0v) is 6.94. The summed E-state index contributed by atoms with van der Waals surface area (Å²) in [5.41, 5.74) is 0. The lowest BCUT2D eigenvalue weighted by atomic mass is 10.4. The third-order valence-electron chi connectivity index (χ3n) is 1.46. The van der Waals surface area contributed by atoms with Crippen molar-refractivity contribution >= 4 is 0 Å². The second-order valence-corrected chi connectivity index (χ2v) is 2.59. The fourth-order valence-corrected chi connectivity index (χ4v) is 0.536. The molecule has 0 saturated carbocycles. The molecule has 0 aliphatic heterocycles. The van der Waals surface area contributed by atoms with Crippen molar-refractivity contribution in [2.75, 3.05) is 20.6 Å². The Labute approximate surface area is 58.2 Å². The molecule has 0 bridgehead atoms. The second kappa shape index (κ2) is 4.77. The molecule has 0 aliphatic rings. The maximum absolute atomic E-state index is 3.36. The van der Waals surface area contributed by atoms with Gasteiger partial charge in [-0.25, -0.2) is 0 Å². The lowest BCUT2D eigenvalue weighted by molar-refractivity contribution is 0.266. The second-order valence-electron chi connectivity index (χ2n) is 2.59. The normalized spacial score (nSPS) is 14.3. The molecule has 0 spiro atoms. The molecular weight excluding hydrogens is 112 g/mol. The van der Waals surface area contributed by atoms with Gasteiger partial charge in [-0.05, 0) is 34.0 Å². The van der Waals surface area contributed by atoms with Crippen molar-refractivity contribution in [3.63, 3.8) is 0 Å². The van der Waals surface area contributed by atoms with Gasteiger partial charge in [0.25, 0.3) is 0 Å². The van der Waals surface area contributed by atoms with E-state index in [4.69, 9.17) is 0 Å². The maximum atomic E-state index is 3.36. The van der Waals surface area contributed by atoms with Crippen LogP contribution in [0.25, 0.3) is 0 Å². The fraction of sp³-hybridized carbons (Fsp3) is 1.00. The zero-order valence-electron chi connectivity index (χ0n) is 6.94. The number of hydrogen-bond donors (Lipinski definition) is 1. The lowest BCUT2D eigenvalue weighted by Gasteiger charge is -2.20. The average molecular weight is 130 g/mol. The van der Waals surface area contributed by atoms with Gasteiger partial charge >= 0.3 is 0 Å². The van der Waals surface area contributed by atoms with Crippen LogP contribution in [-0.4, -0.2) is 31.7 Å². The van der Waals surface area contributed by atoms with Crippen LogP contribution in [0.5, 0.6) is 0 Å². The van der Waals surface area contributed by atoms with E-state index in [1.54, 1.807) is 0 Å². The molecule has 0 aliphatic carbocycles. The van der Waals surface area contributed by atoms with Crippen molar-refractivity contribution in [1.82, 2.24) is 10.2 Å². The number of nitrogens with one attached hydrogen (secondary N) is 1. The quantitative estimate of drug-likeness (QED) is 0.569. The molecule has 2 nitrogen and oxygen atoms in total. The van der Waals surface area contributed by atoms with Gasteiger partial charge in [0.15, 0.2) is 0 Å². The van der Waals surface area contributed by atoms with Crippen molar-refractivity contribution in [3.05, 3.63) is 0 Å². The molecule has 9 heavy (non-hydrogen) atoms. The third-order valence-corrected chi connectivity index (χ3v) is 1.46. The Morgan fingerprint density at radius 2 is 2.00 bits per heavy atom. The van der Waals surface area contributed by atoms with E-state index in [9.17, 15) is 0 Å². The minimum absolute atomic E-state index is 0.505. The minimum atomic E-state index is 0.505. The van der Waals surface area contributed by atoms with Crippen LogP contribution in [0.4, 0.5) is 0 Å². The highest BCUT2D eigenvalue weighted by atomic mass is 15.2. The van der Waals surface area contributed by atoms with Crippen LogP contribution in [0, 0.1) is 0 Å². The smallest absolute Gasteiger partial charge is 0.0562 e. The summed E-state index contributed by atoms with van der Waals surface area (Å²) >= 11 is 0. The summed E-state index contributed by atoms with van der Waals surface area (Å²) < 4.78 is 0. The molecule has 1 N–H and O–H groups in total. The van der Waals surface area contributed by atoms with Gasteiger partial charge in [-0.1, -0.05) is 6.92 Å². The third kappa shape index (κ3) is 4.43. The van der Waals surface area contributed by atoms with E-state index in [-0.39, 0.29) is 0 Å². The van der Waals surface area contributed by atoms with Crippen LogP contribution < -0.4 is 5.32 Å². The molecule has 0 fully saturated rings. The first-order chi connectivity index (χ1) is 4.18. The zero-order chi connectivity index (χ0) is 7.28. The Hall–Kier alpha value is -0.0800. The van der Waals surface area contributed by atoms with Crippen LogP contribution in [0.2, 0.25) is 0 Å². The number of hydrogen-bond acceptors (Lipinski definition) is 2. The number of rotatable bonds is 4. The summed E-state index contributed by atoms with van der Waals surface area (Å²) in [6.07, 6.45) is 1.71. The van der Waals surface area contributed by atoms with E-state index in [2.05, 4.69) is 38.2 Å². The lowest BCUT2D eigenvalue weighted by Crippen LogP contribution is -2.38. The van der Waals surface area contributed by atoms with Gasteiger partial charge < -0.3 is 5.32 Å². The molecule has 1 atom stereocenters. The van der Waals surface area contributed by atoms with E-state index in [1.807, 2.05) is 0 Å². The molecule has 0 radical (unpaired) electrons. The van der Waals surface area contributed by atoms with E-state index in [1.165, 1.54) is 6.42 Å². The first-order valence-electron chi connectivity index (χ1n) is 3.58. The summed E-state index contributed by atoms with van der Waals surface area (Å²) in [6.45, 7) is 5.45. The molecule has 0 amide bonds. The molecule has 1 unspecified atom stereocenters. The van der Waals surface area contributed by atoms with E-state index < -0.39 is 0 Å². The minimum Gasteiger partial charge on any atom is -0.302 e. The predicted octanol–water partition coefficient (Wildman–Crippen LogP) is 0.894. The van der Waals surface area contributed by atoms with Crippen molar-refractivity contribution in [3.8, 4) is 0 Å². The summed E-state index contributed by atoms with van der Waals surface area (Å²) in [6, 6.07) is 0. The average Bonchev–Trinajstić information content (AvgIpc) is 1.82. The van der Waals surface area contributed by atoms with Crippen molar-refractivity contribution in [1.29, 1.82) is 0 Å². The summed E-state index contributed by atoms with van der Waals surface area (Å²) in [7, 11) is 4.15. The van der Waals surface area contributed by atoms with Crippen LogP contribution in [0.15, 0.2) is 0 Å². The molecule has 0 aromatic carbocycles. The van der Waals surface area contributed by atoms with Crippen molar-refractivity contribution in [2.24, 2.45) is 0 Å². The van der Waals surface area contributed by atoms with Gasteiger partial charge in [-0.3, -0.25) is 4.90 Å². The summed E-state index contributed by atoms with van der Waals surface area (Å²) in [4.78, 5) is 2.16. The highest BCUT2D eigenvalue weighted by molar-refractivity contribution is 4.54. The summed E-state index contributed by atoms with van der Waals surface area (Å²) in [5.74, 6) is 0. The van der Waals surface area contributed by atoms with E-state index >= 15 is 0 Å². The van der Waals surface area contributed by atoms with Crippen LogP contribution in [-0.2, 0) is 0 Å². The first kappa shape index (κ1) is 8.92. The first-order valence-corrected chi connectivity index (χ1v) is 3.58. The van der Waals surface area contributed by atoms with Gasteiger partial charge in [0.2, 0.25) is 0 Å². The molecule has 0 heterocycles. The molecule has 2 heteroatoms. The Morgan fingerprint density at radius 1 is 1.44 bits per heavy atom. The highest BCUT2D eigenvalue weighted by Gasteiger charge is 1.99. The molecule has 0 rings (SSSR count). The molecule has 0 aromatic rings. The van der Waals surface area contributed by atoms with Crippen LogP contribution >= 0.6 is 0 Å². The standard InChI is InChI=1S/C7H18N2/c1-5-6-8-7(2)9(3)4/h7-8H,5-6H2,1-4H3. The predicted molar refractivity (Wildman–Crippen MR) is 41.4 cm³/mol. The van der Waals surface area contributed by atoms with E-state index in [0.717, 1.165) is 6.54 Å². The fourth-order valence-electron chi connectivity index (χ4n) is 0.536. The van der Waals surface area contributed by atoms with Gasteiger partial charge in [-0.15, -0.1) is 0 Å². The molecule has 56 valence electrons. The van der Waals surface area contributed by atoms with Crippen molar-refractivity contribution in [2.45, 2.75) is 26.4 Å². The van der Waals surface area contributed by atoms with Gasteiger partial charge in [0, 0.05) is 0 Å². The van der Waals surface area contributed by atoms with Crippen molar-refractivity contribution < 1.29 is 0 Å². The monoisotopic (exact) mass is 130 g/mol. The Kier molecular flexibility index (Phi) is 4.72. The molecular formula is C7H18N2. The van der Waals surface area contributed by atoms with Gasteiger partial charge in [0.05, 0.1) is 6.17 Å².